The summed E-state index contributed by atoms with van der Waals surface area (Å²) in [4.78, 5) is 15.6. The Kier molecular flexibility index (Phi) is 7.50. The first kappa shape index (κ1) is 24.7. The molecule has 2 saturated heterocycles. The minimum absolute atomic E-state index is 0.107. The Bertz CT molecular complexity index is 1070. The van der Waals surface area contributed by atoms with Gasteiger partial charge in [0.15, 0.2) is 5.60 Å². The second-order valence-corrected chi connectivity index (χ2v) is 9.65. The number of nitrogens with zero attached hydrogens (tertiary/aromatic N) is 4. The molecule has 1 saturated carbocycles. The number of rotatable bonds is 8. The summed E-state index contributed by atoms with van der Waals surface area (Å²) in [6.45, 7) is 9.41. The molecule has 3 heterocycles. The molecule has 9 heteroatoms. The fourth-order valence-electron chi connectivity index (χ4n) is 5.01. The summed E-state index contributed by atoms with van der Waals surface area (Å²) in [5.74, 6) is 0.740. The van der Waals surface area contributed by atoms with Gasteiger partial charge in [-0.1, -0.05) is 0 Å². The van der Waals surface area contributed by atoms with Gasteiger partial charge in [0.1, 0.15) is 11.4 Å². The Morgan fingerprint density at radius 1 is 1.17 bits per heavy atom. The average molecular weight is 494 g/mol. The Balaban J connectivity index is 1.22. The number of aromatic nitrogens is 1. The van der Waals surface area contributed by atoms with E-state index in [0.717, 1.165) is 61.6 Å². The van der Waals surface area contributed by atoms with Crippen molar-refractivity contribution in [3.05, 3.63) is 36.2 Å². The van der Waals surface area contributed by atoms with Crippen molar-refractivity contribution in [3.8, 4) is 5.75 Å². The molecule has 0 amide bonds. The molecule has 1 aromatic heterocycles. The number of anilines is 2. The monoisotopic (exact) mass is 493 g/mol. The van der Waals surface area contributed by atoms with E-state index in [0.29, 0.717) is 43.9 Å². The molecule has 5 rings (SSSR count). The Labute approximate surface area is 212 Å². The van der Waals surface area contributed by atoms with Crippen molar-refractivity contribution in [2.24, 2.45) is 9.98 Å². The highest BCUT2D eigenvalue weighted by molar-refractivity contribution is 5.80. The van der Waals surface area contributed by atoms with Crippen LogP contribution in [0.1, 0.15) is 38.3 Å². The molecular formula is C27H35N5O4. The van der Waals surface area contributed by atoms with Crippen LogP contribution in [0.2, 0.25) is 0 Å². The molecule has 36 heavy (non-hydrogen) atoms. The number of aliphatic imine (C=N–C) groups is 2. The molecule has 0 unspecified atom stereocenters. The molecule has 1 aromatic carbocycles. The number of morpholine rings is 1. The molecule has 0 atom stereocenters. The largest absolute Gasteiger partial charge is 0.488 e. The molecular weight excluding hydrogens is 458 g/mol. The molecule has 3 aliphatic rings. The van der Waals surface area contributed by atoms with Crippen LogP contribution in [0, 0.1) is 0 Å². The zero-order valence-electron chi connectivity index (χ0n) is 20.9. The average Bonchev–Trinajstić information content (AvgIpc) is 2.89. The fourth-order valence-corrected chi connectivity index (χ4v) is 5.01. The lowest BCUT2D eigenvalue weighted by Gasteiger charge is -2.35. The molecule has 0 bridgehead atoms. The summed E-state index contributed by atoms with van der Waals surface area (Å²) >= 11 is 0. The second-order valence-electron chi connectivity index (χ2n) is 9.65. The van der Waals surface area contributed by atoms with E-state index in [4.69, 9.17) is 14.2 Å². The van der Waals surface area contributed by atoms with Gasteiger partial charge < -0.3 is 29.5 Å². The molecule has 2 N–H and O–H groups in total. The third kappa shape index (κ3) is 5.38. The fraction of sp³-hybridized carbons (Fsp3) is 0.519. The molecule has 0 spiro atoms. The quantitative estimate of drug-likeness (QED) is 0.536. The van der Waals surface area contributed by atoms with Crippen LogP contribution in [0.15, 0.2) is 40.4 Å². The molecule has 0 radical (unpaired) electrons. The van der Waals surface area contributed by atoms with Crippen molar-refractivity contribution in [1.82, 2.24) is 4.98 Å². The molecule has 2 aliphatic heterocycles. The first-order valence-corrected chi connectivity index (χ1v) is 12.7. The maximum Gasteiger partial charge on any atom is 0.153 e. The Morgan fingerprint density at radius 3 is 2.56 bits per heavy atom. The second kappa shape index (κ2) is 10.9. The van der Waals surface area contributed by atoms with Gasteiger partial charge in [0.2, 0.25) is 0 Å². The normalized spacial score (nSPS) is 23.8. The lowest BCUT2D eigenvalue weighted by Crippen LogP contribution is -2.47. The van der Waals surface area contributed by atoms with Crippen molar-refractivity contribution < 1.29 is 19.3 Å². The predicted molar refractivity (Wildman–Crippen MR) is 142 cm³/mol. The van der Waals surface area contributed by atoms with E-state index in [9.17, 15) is 5.11 Å². The lowest BCUT2D eigenvalue weighted by atomic mass is 9.92. The first-order valence-electron chi connectivity index (χ1n) is 12.7. The molecule has 192 valence electrons. The van der Waals surface area contributed by atoms with Gasteiger partial charge in [0.25, 0.3) is 0 Å². The Hall–Kier alpha value is -3.01. The van der Waals surface area contributed by atoms with Gasteiger partial charge in [-0.05, 0) is 57.5 Å². The number of aliphatic hydroxyl groups is 1. The van der Waals surface area contributed by atoms with Gasteiger partial charge in [0, 0.05) is 37.1 Å². The van der Waals surface area contributed by atoms with Crippen molar-refractivity contribution >= 4 is 35.7 Å². The van der Waals surface area contributed by atoms with Crippen molar-refractivity contribution in [2.45, 2.75) is 50.4 Å². The van der Waals surface area contributed by atoms with Gasteiger partial charge in [-0.25, -0.2) is 0 Å². The highest BCUT2D eigenvalue weighted by atomic mass is 16.5. The van der Waals surface area contributed by atoms with Crippen LogP contribution >= 0.6 is 0 Å². The van der Waals surface area contributed by atoms with Crippen LogP contribution in [-0.4, -0.2) is 74.7 Å². The van der Waals surface area contributed by atoms with Crippen molar-refractivity contribution in [3.63, 3.8) is 0 Å². The molecule has 1 aliphatic carbocycles. The van der Waals surface area contributed by atoms with Gasteiger partial charge in [0.05, 0.1) is 55.8 Å². The van der Waals surface area contributed by atoms with E-state index < -0.39 is 5.60 Å². The van der Waals surface area contributed by atoms with Crippen LogP contribution < -0.4 is 15.0 Å². The smallest absolute Gasteiger partial charge is 0.153 e. The Morgan fingerprint density at radius 2 is 1.94 bits per heavy atom. The SMILES string of the molecule is C=Nc1c(/N=C\C)cc(N2CCOCC2)cc1O[C@H]1CC[C@@H](Nc2ccc(C3(O)COC3)nc2)CC1. The van der Waals surface area contributed by atoms with Gasteiger partial charge >= 0.3 is 0 Å². The first-order chi connectivity index (χ1) is 17.6. The number of nitrogens with one attached hydrogen (secondary N) is 1. The third-order valence-corrected chi connectivity index (χ3v) is 7.10. The van der Waals surface area contributed by atoms with E-state index >= 15 is 0 Å². The van der Waals surface area contributed by atoms with E-state index in [-0.39, 0.29) is 6.10 Å². The van der Waals surface area contributed by atoms with Crippen LogP contribution in [0.5, 0.6) is 5.75 Å². The van der Waals surface area contributed by atoms with Crippen LogP contribution in [-0.2, 0) is 15.1 Å². The maximum absolute atomic E-state index is 10.4. The standard InChI is InChI=1S/C27H35N5O4/c1-3-29-23-14-21(32-10-12-34-13-11-32)15-24(26(23)28-2)36-22-7-4-19(5-8-22)31-20-6-9-25(30-16-20)27(33)17-35-18-27/h3,6,9,14-16,19,22,31,33H,2,4-5,7-8,10-13,17-18H2,1H3/b29-3-/t19-,22+. The zero-order valence-corrected chi connectivity index (χ0v) is 20.9. The van der Waals surface area contributed by atoms with Gasteiger partial charge in [-0.2, -0.15) is 0 Å². The van der Waals surface area contributed by atoms with E-state index in [1.54, 1.807) is 12.4 Å². The topological polar surface area (TPSA) is 101 Å². The number of benzene rings is 1. The highest BCUT2D eigenvalue weighted by Crippen LogP contribution is 2.43. The summed E-state index contributed by atoms with van der Waals surface area (Å²) in [5, 5.41) is 14.0. The molecule has 2 aromatic rings. The summed E-state index contributed by atoms with van der Waals surface area (Å²) in [7, 11) is 0. The third-order valence-electron chi connectivity index (χ3n) is 7.10. The molecule has 3 fully saturated rings. The van der Waals surface area contributed by atoms with E-state index in [1.165, 1.54) is 0 Å². The minimum atomic E-state index is -0.936. The van der Waals surface area contributed by atoms with Crippen LogP contribution in [0.4, 0.5) is 22.7 Å². The van der Waals surface area contributed by atoms with Crippen LogP contribution in [0.25, 0.3) is 0 Å². The molecule has 9 nitrogen and oxygen atoms in total. The van der Waals surface area contributed by atoms with Crippen molar-refractivity contribution in [1.29, 1.82) is 0 Å². The maximum atomic E-state index is 10.4. The summed E-state index contributed by atoms with van der Waals surface area (Å²) in [5.41, 5.74) is 3.23. The number of pyridine rings is 1. The summed E-state index contributed by atoms with van der Waals surface area (Å²) in [6.07, 6.45) is 7.53. The predicted octanol–water partition coefficient (Wildman–Crippen LogP) is 3.99. The zero-order chi connectivity index (χ0) is 25.0. The van der Waals surface area contributed by atoms with E-state index in [2.05, 4.69) is 44.0 Å². The number of ether oxygens (including phenoxy) is 3. The van der Waals surface area contributed by atoms with Gasteiger partial charge in [-0.15, -0.1) is 0 Å². The number of hydrogen-bond donors (Lipinski definition) is 2. The summed E-state index contributed by atoms with van der Waals surface area (Å²) in [6, 6.07) is 8.34. The number of hydrogen-bond acceptors (Lipinski definition) is 9. The highest BCUT2D eigenvalue weighted by Gasteiger charge is 2.39. The van der Waals surface area contributed by atoms with E-state index in [1.807, 2.05) is 19.1 Å². The lowest BCUT2D eigenvalue weighted by molar-refractivity contribution is -0.186. The van der Waals surface area contributed by atoms with Gasteiger partial charge in [-0.3, -0.25) is 15.0 Å². The van der Waals surface area contributed by atoms with Crippen molar-refractivity contribution in [2.75, 3.05) is 49.7 Å². The minimum Gasteiger partial charge on any atom is -0.488 e. The summed E-state index contributed by atoms with van der Waals surface area (Å²) < 4.78 is 17.2. The van der Waals surface area contributed by atoms with Crippen LogP contribution in [0.3, 0.4) is 0 Å².